The Morgan fingerprint density at radius 3 is 2.97 bits per heavy atom. The molecule has 2 heterocycles. The van der Waals surface area contributed by atoms with Gasteiger partial charge in [-0.1, -0.05) is 0 Å². The maximum atomic E-state index is 12.7. The zero-order valence-electron chi connectivity index (χ0n) is 17.3. The summed E-state index contributed by atoms with van der Waals surface area (Å²) in [6, 6.07) is 5.59. The molecule has 1 saturated heterocycles. The lowest BCUT2D eigenvalue weighted by molar-refractivity contribution is -0.136. The Morgan fingerprint density at radius 2 is 2.20 bits per heavy atom. The van der Waals surface area contributed by atoms with Crippen LogP contribution in [0.5, 0.6) is 5.75 Å². The number of carbonyl (C=O) groups is 2. The van der Waals surface area contributed by atoms with Gasteiger partial charge in [0, 0.05) is 38.2 Å². The minimum Gasteiger partial charge on any atom is -0.494 e. The van der Waals surface area contributed by atoms with Crippen LogP contribution in [0.1, 0.15) is 44.1 Å². The number of nitrogens with zero attached hydrogens (tertiary/aromatic N) is 1. The van der Waals surface area contributed by atoms with Crippen LogP contribution in [0.3, 0.4) is 0 Å². The Morgan fingerprint density at radius 1 is 1.33 bits per heavy atom. The minimum atomic E-state index is -0.954. The molecule has 0 bridgehead atoms. The first-order valence-electron chi connectivity index (χ1n) is 10.8. The van der Waals surface area contributed by atoms with Gasteiger partial charge in [0.05, 0.1) is 25.4 Å². The van der Waals surface area contributed by atoms with Gasteiger partial charge in [-0.2, -0.15) is 0 Å². The van der Waals surface area contributed by atoms with Gasteiger partial charge in [-0.25, -0.2) is 0 Å². The van der Waals surface area contributed by atoms with E-state index in [-0.39, 0.29) is 31.1 Å². The number of hydrogen-bond donors (Lipinski definition) is 3. The SMILES string of the molecule is O=C1CCc2cc(OCCCC(=O)N(CC(O)CO)CC3CCCCO3)ccc2N1. The number of carbonyl (C=O) groups excluding carboxylic acids is 2. The molecule has 2 amide bonds. The van der Waals surface area contributed by atoms with Crippen molar-refractivity contribution in [2.75, 3.05) is 38.2 Å². The number of anilines is 1. The molecule has 1 fully saturated rings. The second-order valence-corrected chi connectivity index (χ2v) is 7.94. The average Bonchev–Trinajstić information content (AvgIpc) is 2.76. The van der Waals surface area contributed by atoms with Gasteiger partial charge in [-0.15, -0.1) is 0 Å². The van der Waals surface area contributed by atoms with E-state index in [1.165, 1.54) is 0 Å². The Labute approximate surface area is 177 Å². The summed E-state index contributed by atoms with van der Waals surface area (Å²) in [6.07, 6.45) is 4.07. The molecule has 2 atom stereocenters. The molecule has 0 spiro atoms. The van der Waals surface area contributed by atoms with Crippen molar-refractivity contribution in [1.82, 2.24) is 4.90 Å². The molecule has 1 aromatic rings. The highest BCUT2D eigenvalue weighted by atomic mass is 16.5. The van der Waals surface area contributed by atoms with E-state index in [0.29, 0.717) is 45.4 Å². The molecular formula is C22H32N2O6. The molecule has 2 aliphatic heterocycles. The Bertz CT molecular complexity index is 720. The summed E-state index contributed by atoms with van der Waals surface area (Å²) in [4.78, 5) is 25.7. The molecule has 0 saturated carbocycles. The first kappa shape index (κ1) is 22.5. The van der Waals surface area contributed by atoms with E-state index in [1.54, 1.807) is 4.90 Å². The lowest BCUT2D eigenvalue weighted by Gasteiger charge is -2.31. The van der Waals surface area contributed by atoms with E-state index in [2.05, 4.69) is 5.32 Å². The van der Waals surface area contributed by atoms with Gasteiger partial charge in [0.25, 0.3) is 0 Å². The number of amides is 2. The van der Waals surface area contributed by atoms with Crippen molar-refractivity contribution in [3.05, 3.63) is 23.8 Å². The summed E-state index contributed by atoms with van der Waals surface area (Å²) < 4.78 is 11.5. The molecular weight excluding hydrogens is 388 g/mol. The Balaban J connectivity index is 1.45. The molecule has 0 aromatic heterocycles. The van der Waals surface area contributed by atoms with Crippen molar-refractivity contribution >= 4 is 17.5 Å². The van der Waals surface area contributed by atoms with E-state index in [9.17, 15) is 14.7 Å². The fraction of sp³-hybridized carbons (Fsp3) is 0.636. The highest BCUT2D eigenvalue weighted by Gasteiger charge is 2.23. The molecule has 3 rings (SSSR count). The molecule has 8 nitrogen and oxygen atoms in total. The number of rotatable bonds is 10. The van der Waals surface area contributed by atoms with Crippen molar-refractivity contribution in [2.24, 2.45) is 0 Å². The first-order chi connectivity index (χ1) is 14.5. The zero-order chi connectivity index (χ0) is 21.3. The summed E-state index contributed by atoms with van der Waals surface area (Å²) in [5, 5.41) is 21.8. The first-order valence-corrected chi connectivity index (χ1v) is 10.8. The molecule has 0 radical (unpaired) electrons. The van der Waals surface area contributed by atoms with Crippen molar-refractivity contribution in [3.63, 3.8) is 0 Å². The van der Waals surface area contributed by atoms with Crippen molar-refractivity contribution in [3.8, 4) is 5.75 Å². The Hall–Kier alpha value is -2.16. The fourth-order valence-corrected chi connectivity index (χ4v) is 3.81. The zero-order valence-corrected chi connectivity index (χ0v) is 17.3. The monoisotopic (exact) mass is 420 g/mol. The van der Waals surface area contributed by atoms with Crippen LogP contribution >= 0.6 is 0 Å². The number of aryl methyl sites for hydroxylation is 1. The van der Waals surface area contributed by atoms with Gasteiger partial charge in [0.1, 0.15) is 5.75 Å². The van der Waals surface area contributed by atoms with Crippen LogP contribution in [0.4, 0.5) is 5.69 Å². The van der Waals surface area contributed by atoms with Crippen LogP contribution in [0, 0.1) is 0 Å². The number of benzene rings is 1. The number of aliphatic hydroxyl groups excluding tert-OH is 2. The van der Waals surface area contributed by atoms with Crippen LogP contribution in [-0.2, 0) is 20.7 Å². The summed E-state index contributed by atoms with van der Waals surface area (Å²) in [6.45, 7) is 1.26. The highest BCUT2D eigenvalue weighted by Crippen LogP contribution is 2.27. The summed E-state index contributed by atoms with van der Waals surface area (Å²) in [7, 11) is 0. The lowest BCUT2D eigenvalue weighted by atomic mass is 10.0. The second kappa shape index (κ2) is 11.3. The maximum Gasteiger partial charge on any atom is 0.224 e. The molecule has 3 N–H and O–H groups in total. The van der Waals surface area contributed by atoms with E-state index < -0.39 is 6.10 Å². The van der Waals surface area contributed by atoms with Gasteiger partial charge in [0.2, 0.25) is 11.8 Å². The second-order valence-electron chi connectivity index (χ2n) is 7.94. The normalized spacial score (nSPS) is 19.5. The molecule has 0 aliphatic carbocycles. The number of hydrogen-bond acceptors (Lipinski definition) is 6. The fourth-order valence-electron chi connectivity index (χ4n) is 3.81. The summed E-state index contributed by atoms with van der Waals surface area (Å²) >= 11 is 0. The van der Waals surface area contributed by atoms with Crippen molar-refractivity contribution < 1.29 is 29.3 Å². The summed E-state index contributed by atoms with van der Waals surface area (Å²) in [5.41, 5.74) is 1.89. The molecule has 2 aliphatic rings. The smallest absolute Gasteiger partial charge is 0.224 e. The molecule has 166 valence electrons. The van der Waals surface area contributed by atoms with E-state index in [0.717, 1.165) is 36.3 Å². The quantitative estimate of drug-likeness (QED) is 0.495. The molecule has 8 heteroatoms. The minimum absolute atomic E-state index is 0.0131. The van der Waals surface area contributed by atoms with Crippen LogP contribution in [0.2, 0.25) is 0 Å². The lowest BCUT2D eigenvalue weighted by Crippen LogP contribution is -2.44. The number of aliphatic hydroxyl groups is 2. The highest BCUT2D eigenvalue weighted by molar-refractivity contribution is 5.94. The van der Waals surface area contributed by atoms with E-state index in [4.69, 9.17) is 14.6 Å². The Kier molecular flexibility index (Phi) is 8.48. The van der Waals surface area contributed by atoms with Crippen LogP contribution in [0.25, 0.3) is 0 Å². The maximum absolute atomic E-state index is 12.7. The van der Waals surface area contributed by atoms with Crippen molar-refractivity contribution in [1.29, 1.82) is 0 Å². The van der Waals surface area contributed by atoms with E-state index >= 15 is 0 Å². The molecule has 2 unspecified atom stereocenters. The van der Waals surface area contributed by atoms with Crippen LogP contribution < -0.4 is 10.1 Å². The third-order valence-corrected chi connectivity index (χ3v) is 5.47. The third-order valence-electron chi connectivity index (χ3n) is 5.47. The number of nitrogens with one attached hydrogen (secondary N) is 1. The van der Waals surface area contributed by atoms with Crippen molar-refractivity contribution in [2.45, 2.75) is 57.2 Å². The standard InChI is InChI=1S/C22H32N2O6/c25-15-17(26)13-24(14-19-4-1-2-10-30-19)22(28)5-3-11-29-18-7-8-20-16(12-18)6-9-21(27)23-20/h7-8,12,17,19,25-26H,1-6,9-11,13-15H2,(H,23,27). The van der Waals surface area contributed by atoms with Gasteiger partial charge < -0.3 is 29.9 Å². The van der Waals surface area contributed by atoms with Gasteiger partial charge in [-0.3, -0.25) is 9.59 Å². The van der Waals surface area contributed by atoms with Gasteiger partial charge >= 0.3 is 0 Å². The topological polar surface area (TPSA) is 108 Å². The van der Waals surface area contributed by atoms with Crippen LogP contribution in [-0.4, -0.2) is 72.0 Å². The predicted octanol–water partition coefficient (Wildman–Crippen LogP) is 1.48. The number of ether oxygens (including phenoxy) is 2. The average molecular weight is 421 g/mol. The third kappa shape index (κ3) is 6.68. The predicted molar refractivity (Wildman–Crippen MR) is 111 cm³/mol. The largest absolute Gasteiger partial charge is 0.494 e. The summed E-state index contributed by atoms with van der Waals surface area (Å²) in [5.74, 6) is 0.679. The molecule has 1 aromatic carbocycles. The molecule has 30 heavy (non-hydrogen) atoms. The van der Waals surface area contributed by atoms with Crippen LogP contribution in [0.15, 0.2) is 18.2 Å². The van der Waals surface area contributed by atoms with Gasteiger partial charge in [-0.05, 0) is 55.9 Å². The van der Waals surface area contributed by atoms with Gasteiger partial charge in [0.15, 0.2) is 0 Å². The number of fused-ring (bicyclic) bond motifs is 1. The van der Waals surface area contributed by atoms with E-state index in [1.807, 2.05) is 18.2 Å².